The molecule has 0 amide bonds. The zero-order valence-corrected chi connectivity index (χ0v) is 20.1. The summed E-state index contributed by atoms with van der Waals surface area (Å²) in [7, 11) is 0. The van der Waals surface area contributed by atoms with Gasteiger partial charge in [-0.2, -0.15) is 15.0 Å². The topological polar surface area (TPSA) is 69.2 Å². The van der Waals surface area contributed by atoms with Crippen molar-refractivity contribution in [2.45, 2.75) is 116 Å². The molecule has 29 heavy (non-hydrogen) atoms. The van der Waals surface area contributed by atoms with Gasteiger partial charge in [0.25, 0.3) is 0 Å². The molecule has 0 saturated carbocycles. The molecular formula is C21H38ClN7. The first-order valence-electron chi connectivity index (χ1n) is 10.8. The minimum Gasteiger partial charge on any atom is -0.286 e. The molecular weight excluding hydrogens is 386 g/mol. The Morgan fingerprint density at radius 3 is 1.24 bits per heavy atom. The van der Waals surface area contributed by atoms with Gasteiger partial charge in [-0.25, -0.2) is 10.0 Å². The molecule has 3 heterocycles. The monoisotopic (exact) mass is 423 g/mol. The van der Waals surface area contributed by atoms with Gasteiger partial charge < -0.3 is 0 Å². The summed E-state index contributed by atoms with van der Waals surface area (Å²) in [5, 5.41) is 4.73. The Morgan fingerprint density at radius 1 is 0.621 bits per heavy atom. The van der Waals surface area contributed by atoms with Gasteiger partial charge in [0.2, 0.25) is 17.2 Å². The first kappa shape index (κ1) is 22.5. The molecule has 2 aliphatic heterocycles. The van der Waals surface area contributed by atoms with Crippen LogP contribution in [-0.4, -0.2) is 47.1 Å². The summed E-state index contributed by atoms with van der Waals surface area (Å²) in [6.45, 7) is 18.0. The van der Waals surface area contributed by atoms with Gasteiger partial charge in [0.1, 0.15) is 0 Å². The number of hydrogen-bond acceptors (Lipinski definition) is 7. The van der Waals surface area contributed by atoms with Gasteiger partial charge in [0.05, 0.1) is 0 Å². The van der Waals surface area contributed by atoms with Crippen molar-refractivity contribution in [1.29, 1.82) is 0 Å². The molecule has 1 aromatic rings. The van der Waals surface area contributed by atoms with Gasteiger partial charge in [0, 0.05) is 22.2 Å². The van der Waals surface area contributed by atoms with E-state index in [2.05, 4.69) is 91.2 Å². The molecule has 0 unspecified atom stereocenters. The zero-order chi connectivity index (χ0) is 21.7. The molecule has 0 spiro atoms. The average molecular weight is 424 g/mol. The van der Waals surface area contributed by atoms with E-state index in [0.717, 1.165) is 25.7 Å². The van der Waals surface area contributed by atoms with Gasteiger partial charge in [-0.3, -0.25) is 10.9 Å². The van der Waals surface area contributed by atoms with Crippen LogP contribution in [0.2, 0.25) is 5.28 Å². The maximum Gasteiger partial charge on any atom is 0.243 e. The Labute approximate surface area is 181 Å². The standard InChI is InChI=1S/C21H38ClN7/c1-18(2)11-9-12-19(3,4)28(18)26-16-23-15(22)24-17(25-16)27-29-20(5,6)13-10-14-21(29,7)8/h9-14H2,1-8H3,(H2,23,24,25,26,27). The molecule has 0 aromatic carbocycles. The highest BCUT2D eigenvalue weighted by molar-refractivity contribution is 6.28. The summed E-state index contributed by atoms with van der Waals surface area (Å²) in [6.07, 6.45) is 6.88. The Kier molecular flexibility index (Phi) is 5.82. The lowest BCUT2D eigenvalue weighted by atomic mass is 9.82. The normalized spacial score (nSPS) is 26.1. The SMILES string of the molecule is CC1(C)CCCC(C)(C)N1Nc1nc(Cl)nc(NN2C(C)(C)CCCC2(C)C)n1. The lowest BCUT2D eigenvalue weighted by Gasteiger charge is -2.52. The van der Waals surface area contributed by atoms with Gasteiger partial charge >= 0.3 is 0 Å². The Bertz CT molecular complexity index is 654. The third-order valence-corrected chi connectivity index (χ3v) is 6.78. The predicted octanol–water partition coefficient (Wildman–Crippen LogP) is 5.27. The molecule has 8 heteroatoms. The van der Waals surface area contributed by atoms with Gasteiger partial charge in [-0.15, -0.1) is 0 Å². The van der Waals surface area contributed by atoms with Crippen LogP contribution in [0.1, 0.15) is 93.9 Å². The van der Waals surface area contributed by atoms with E-state index in [1.165, 1.54) is 12.8 Å². The van der Waals surface area contributed by atoms with Crippen LogP contribution in [0.3, 0.4) is 0 Å². The first-order chi connectivity index (χ1) is 13.2. The number of nitrogens with zero attached hydrogens (tertiary/aromatic N) is 5. The quantitative estimate of drug-likeness (QED) is 0.683. The van der Waals surface area contributed by atoms with Crippen molar-refractivity contribution in [1.82, 2.24) is 25.0 Å². The number of hydrogen-bond donors (Lipinski definition) is 2. The maximum atomic E-state index is 6.29. The van der Waals surface area contributed by atoms with E-state index in [4.69, 9.17) is 11.6 Å². The fraction of sp³-hybridized carbons (Fsp3) is 0.857. The first-order valence-corrected chi connectivity index (χ1v) is 11.2. The number of piperidine rings is 2. The number of hydrazine groups is 2. The lowest BCUT2D eigenvalue weighted by Crippen LogP contribution is -2.61. The molecule has 2 aliphatic rings. The predicted molar refractivity (Wildman–Crippen MR) is 120 cm³/mol. The molecule has 164 valence electrons. The number of rotatable bonds is 4. The van der Waals surface area contributed by atoms with E-state index in [-0.39, 0.29) is 27.4 Å². The molecule has 0 radical (unpaired) electrons. The van der Waals surface area contributed by atoms with Crippen molar-refractivity contribution in [3.05, 3.63) is 5.28 Å². The minimum absolute atomic E-state index is 0.00863. The van der Waals surface area contributed by atoms with Crippen LogP contribution in [0.4, 0.5) is 11.9 Å². The third-order valence-electron chi connectivity index (χ3n) is 6.61. The van der Waals surface area contributed by atoms with Gasteiger partial charge in [0.15, 0.2) is 0 Å². The van der Waals surface area contributed by atoms with Crippen molar-refractivity contribution in [2.75, 3.05) is 10.9 Å². The molecule has 2 fully saturated rings. The van der Waals surface area contributed by atoms with Crippen LogP contribution in [0.5, 0.6) is 0 Å². The van der Waals surface area contributed by atoms with E-state index in [1.54, 1.807) is 0 Å². The molecule has 7 nitrogen and oxygen atoms in total. The molecule has 0 bridgehead atoms. The van der Waals surface area contributed by atoms with Crippen LogP contribution in [-0.2, 0) is 0 Å². The lowest BCUT2D eigenvalue weighted by molar-refractivity contribution is -0.00503. The highest BCUT2D eigenvalue weighted by Gasteiger charge is 2.43. The smallest absolute Gasteiger partial charge is 0.243 e. The average Bonchev–Trinajstić information content (AvgIpc) is 2.53. The molecule has 3 rings (SSSR count). The number of nitrogens with one attached hydrogen (secondary N) is 2. The van der Waals surface area contributed by atoms with E-state index in [0.29, 0.717) is 11.9 Å². The van der Waals surface area contributed by atoms with Crippen molar-refractivity contribution < 1.29 is 0 Å². The Balaban J connectivity index is 1.87. The molecule has 0 atom stereocenters. The van der Waals surface area contributed by atoms with Crippen LogP contribution in [0, 0.1) is 0 Å². The Morgan fingerprint density at radius 2 is 0.931 bits per heavy atom. The third kappa shape index (κ3) is 4.78. The van der Waals surface area contributed by atoms with E-state index in [1.807, 2.05) is 0 Å². The molecule has 2 N–H and O–H groups in total. The molecule has 2 saturated heterocycles. The maximum absolute atomic E-state index is 6.29. The van der Waals surface area contributed by atoms with Crippen LogP contribution < -0.4 is 10.9 Å². The largest absolute Gasteiger partial charge is 0.286 e. The summed E-state index contributed by atoms with van der Waals surface area (Å²) in [4.78, 5) is 13.4. The van der Waals surface area contributed by atoms with Gasteiger partial charge in [-0.05, 0) is 106 Å². The second kappa shape index (κ2) is 7.50. The minimum atomic E-state index is -0.00863. The van der Waals surface area contributed by atoms with Crippen LogP contribution >= 0.6 is 11.6 Å². The van der Waals surface area contributed by atoms with Crippen molar-refractivity contribution >= 4 is 23.5 Å². The van der Waals surface area contributed by atoms with Crippen LogP contribution in [0.15, 0.2) is 0 Å². The number of anilines is 2. The zero-order valence-electron chi connectivity index (χ0n) is 19.4. The van der Waals surface area contributed by atoms with Crippen molar-refractivity contribution in [3.63, 3.8) is 0 Å². The summed E-state index contributed by atoms with van der Waals surface area (Å²) in [5.41, 5.74) is 6.86. The summed E-state index contributed by atoms with van der Waals surface area (Å²) in [5.74, 6) is 0.950. The fourth-order valence-corrected chi connectivity index (χ4v) is 5.41. The van der Waals surface area contributed by atoms with Crippen molar-refractivity contribution in [2.24, 2.45) is 0 Å². The summed E-state index contributed by atoms with van der Waals surface area (Å²) < 4.78 is 0. The van der Waals surface area contributed by atoms with Crippen LogP contribution in [0.25, 0.3) is 0 Å². The summed E-state index contributed by atoms with van der Waals surface area (Å²) in [6, 6.07) is 0. The highest BCUT2D eigenvalue weighted by atomic mass is 35.5. The van der Waals surface area contributed by atoms with E-state index in [9.17, 15) is 0 Å². The van der Waals surface area contributed by atoms with E-state index >= 15 is 0 Å². The fourth-order valence-electron chi connectivity index (χ4n) is 5.25. The molecule has 0 aliphatic carbocycles. The van der Waals surface area contributed by atoms with Crippen molar-refractivity contribution in [3.8, 4) is 0 Å². The van der Waals surface area contributed by atoms with E-state index < -0.39 is 0 Å². The number of aromatic nitrogens is 3. The van der Waals surface area contributed by atoms with Gasteiger partial charge in [-0.1, -0.05) is 0 Å². The second-order valence-corrected chi connectivity index (χ2v) is 11.4. The number of halogens is 1. The summed E-state index contributed by atoms with van der Waals surface area (Å²) >= 11 is 6.29. The highest BCUT2D eigenvalue weighted by Crippen LogP contribution is 2.39. The Hall–Kier alpha value is -1.18. The molecule has 1 aromatic heterocycles. The second-order valence-electron chi connectivity index (χ2n) is 11.1.